The Morgan fingerprint density at radius 3 is 2.70 bits per heavy atom. The van der Waals surface area contributed by atoms with Crippen LogP contribution in [0.4, 0.5) is 4.39 Å². The van der Waals surface area contributed by atoms with E-state index in [0.29, 0.717) is 18.4 Å². The summed E-state index contributed by atoms with van der Waals surface area (Å²) in [5.74, 6) is -3.31. The van der Waals surface area contributed by atoms with Crippen LogP contribution < -0.4 is 5.32 Å². The molecule has 1 heterocycles. The Hall–Kier alpha value is -4.03. The fourth-order valence-corrected chi connectivity index (χ4v) is 3.50. The fourth-order valence-electron chi connectivity index (χ4n) is 3.50. The van der Waals surface area contributed by atoms with Crippen molar-refractivity contribution in [3.05, 3.63) is 71.3 Å². The third-order valence-corrected chi connectivity index (χ3v) is 5.63. The molecule has 0 fully saturated rings. The number of carbonyl (C=O) groups is 3. The van der Waals surface area contributed by atoms with Crippen molar-refractivity contribution in [3.8, 4) is 0 Å². The number of rotatable bonds is 16. The molecule has 1 rings (SSSR count). The quantitative estimate of drug-likeness (QED) is 0.0499. The van der Waals surface area contributed by atoms with E-state index in [1.807, 2.05) is 0 Å². The maximum atomic E-state index is 13.6. The molecular formula is C28H39FN4O7. The Balaban J connectivity index is 3.46. The van der Waals surface area contributed by atoms with Crippen molar-refractivity contribution in [3.63, 3.8) is 0 Å². The molecule has 0 aliphatic carbocycles. The van der Waals surface area contributed by atoms with Crippen molar-refractivity contribution in [1.29, 1.82) is 0 Å². The number of ether oxygens (including phenoxy) is 2. The van der Waals surface area contributed by atoms with Gasteiger partial charge in [0.2, 0.25) is 5.76 Å². The Labute approximate surface area is 234 Å². The normalized spacial score (nSPS) is 15.6. The summed E-state index contributed by atoms with van der Waals surface area (Å²) in [5.41, 5.74) is 0.104. The number of aliphatic imine (C=N–C) groups is 1. The number of hydrogen-bond acceptors (Lipinski definition) is 8. The first-order valence-electron chi connectivity index (χ1n) is 12.7. The molecule has 0 atom stereocenters. The van der Waals surface area contributed by atoms with Gasteiger partial charge in [-0.2, -0.15) is 0 Å². The second-order valence-corrected chi connectivity index (χ2v) is 8.52. The molecule has 0 aromatic rings. The van der Waals surface area contributed by atoms with Gasteiger partial charge in [0.25, 0.3) is 17.7 Å². The molecule has 0 aromatic heterocycles. The molecule has 0 saturated heterocycles. The van der Waals surface area contributed by atoms with Gasteiger partial charge in [0.15, 0.2) is 0 Å². The van der Waals surface area contributed by atoms with Gasteiger partial charge in [-0.25, -0.2) is 4.39 Å². The highest BCUT2D eigenvalue weighted by molar-refractivity contribution is 6.19. The van der Waals surface area contributed by atoms with E-state index in [1.54, 1.807) is 19.9 Å². The number of halogens is 1. The van der Waals surface area contributed by atoms with Crippen LogP contribution in [0.15, 0.2) is 76.3 Å². The van der Waals surface area contributed by atoms with Crippen LogP contribution in [0.2, 0.25) is 0 Å². The van der Waals surface area contributed by atoms with Crippen LogP contribution in [0, 0.1) is 0 Å². The van der Waals surface area contributed by atoms with Gasteiger partial charge in [-0.1, -0.05) is 18.7 Å². The number of aliphatic hydroxyl groups is 2. The topological polar surface area (TPSA) is 141 Å². The first-order chi connectivity index (χ1) is 19.1. The highest BCUT2D eigenvalue weighted by Gasteiger charge is 2.33. The zero-order chi connectivity index (χ0) is 30.1. The smallest absolute Gasteiger partial charge is 0.291 e. The van der Waals surface area contributed by atoms with E-state index >= 15 is 0 Å². The molecule has 3 N–H and O–H groups in total. The average molecular weight is 563 g/mol. The Morgan fingerprint density at radius 2 is 2.10 bits per heavy atom. The molecule has 0 saturated carbocycles. The highest BCUT2D eigenvalue weighted by atomic mass is 19.1. The summed E-state index contributed by atoms with van der Waals surface area (Å²) >= 11 is 0. The second-order valence-electron chi connectivity index (χ2n) is 8.52. The van der Waals surface area contributed by atoms with E-state index < -0.39 is 34.9 Å². The zero-order valence-corrected chi connectivity index (χ0v) is 23.3. The van der Waals surface area contributed by atoms with Crippen molar-refractivity contribution < 1.29 is 38.5 Å². The Kier molecular flexibility index (Phi) is 15.5. The van der Waals surface area contributed by atoms with E-state index in [2.05, 4.69) is 23.6 Å². The van der Waals surface area contributed by atoms with Crippen molar-refractivity contribution >= 4 is 24.4 Å². The number of hydrogen-bond donors (Lipinski definition) is 3. The Morgan fingerprint density at radius 1 is 1.38 bits per heavy atom. The molecule has 0 unspecified atom stereocenters. The van der Waals surface area contributed by atoms with Gasteiger partial charge in [-0.3, -0.25) is 19.4 Å². The summed E-state index contributed by atoms with van der Waals surface area (Å²) in [4.78, 5) is 45.6. The molecule has 12 heteroatoms. The van der Waals surface area contributed by atoms with Gasteiger partial charge in [0.1, 0.15) is 22.9 Å². The largest absolute Gasteiger partial charge is 0.509 e. The van der Waals surface area contributed by atoms with E-state index in [0.717, 1.165) is 11.1 Å². The number of nitrogens with one attached hydrogen (secondary N) is 1. The standard InChI is InChI=1S/C28H39FN4O7/c1-6-10-21(29)12-9-8-11-20(3)23-18-33(19-24(40-23)27(37)32(7-2)14-15-34)28(38)25(22(35)17-30-4)26(36)31-13-16-39-5/h6,9-10,12,19,34-35H,1,4,7-8,11,13-18H2,2-3,5H3,(H,31,36)/b12-9-,21-10+,23-20-,25-22+. The summed E-state index contributed by atoms with van der Waals surface area (Å²) < 4.78 is 24.4. The SMILES string of the molecule is C=C/C=C(F)\C=C/CC/C(C)=C1/CN(C(=O)/C(C(=O)NCCOC)=C(/O)CN=C)C=C(C(=O)N(CC)CCO)O1. The third-order valence-electron chi connectivity index (χ3n) is 5.63. The lowest BCUT2D eigenvalue weighted by atomic mass is 10.1. The molecule has 40 heavy (non-hydrogen) atoms. The van der Waals surface area contributed by atoms with Crippen molar-refractivity contribution in [1.82, 2.24) is 15.1 Å². The lowest BCUT2D eigenvalue weighted by Gasteiger charge is -2.30. The molecular weight excluding hydrogens is 523 g/mol. The second kappa shape index (κ2) is 18.3. The number of amides is 3. The van der Waals surface area contributed by atoms with Crippen LogP contribution in [-0.4, -0.2) is 97.5 Å². The molecule has 1 aliphatic heterocycles. The minimum atomic E-state index is -0.892. The molecule has 0 aromatic carbocycles. The number of nitrogens with zero attached hydrogens (tertiary/aromatic N) is 3. The van der Waals surface area contributed by atoms with Crippen LogP contribution in [-0.2, 0) is 23.9 Å². The molecule has 0 bridgehead atoms. The van der Waals surface area contributed by atoms with E-state index in [9.17, 15) is 29.0 Å². The molecule has 11 nitrogen and oxygen atoms in total. The first-order valence-corrected chi connectivity index (χ1v) is 12.7. The predicted molar refractivity (Wildman–Crippen MR) is 150 cm³/mol. The molecule has 220 valence electrons. The summed E-state index contributed by atoms with van der Waals surface area (Å²) in [6.07, 6.45) is 7.48. The van der Waals surface area contributed by atoms with Gasteiger partial charge in [-0.15, -0.1) is 0 Å². The van der Waals surface area contributed by atoms with Crippen LogP contribution in [0.3, 0.4) is 0 Å². The summed E-state index contributed by atoms with van der Waals surface area (Å²) in [6, 6.07) is 0. The van der Waals surface area contributed by atoms with Gasteiger partial charge >= 0.3 is 0 Å². The van der Waals surface area contributed by atoms with Crippen LogP contribution >= 0.6 is 0 Å². The maximum Gasteiger partial charge on any atom is 0.291 e. The lowest BCUT2D eigenvalue weighted by molar-refractivity contribution is -0.132. The van der Waals surface area contributed by atoms with Crippen LogP contribution in [0.5, 0.6) is 0 Å². The number of likely N-dealkylation sites (N-methyl/N-ethyl adjacent to an activating group) is 1. The number of aliphatic hydroxyl groups excluding tert-OH is 2. The van der Waals surface area contributed by atoms with E-state index in [1.165, 1.54) is 30.2 Å². The minimum Gasteiger partial charge on any atom is -0.509 e. The van der Waals surface area contributed by atoms with Crippen molar-refractivity contribution in [2.24, 2.45) is 4.99 Å². The van der Waals surface area contributed by atoms with Crippen LogP contribution in [0.1, 0.15) is 26.7 Å². The summed E-state index contributed by atoms with van der Waals surface area (Å²) in [7, 11) is 1.45. The van der Waals surface area contributed by atoms with Gasteiger partial charge < -0.3 is 34.8 Å². The van der Waals surface area contributed by atoms with Crippen molar-refractivity contribution in [2.45, 2.75) is 26.7 Å². The molecule has 3 amide bonds. The molecule has 1 aliphatic rings. The highest BCUT2D eigenvalue weighted by Crippen LogP contribution is 2.25. The first kappa shape index (κ1) is 34.0. The average Bonchev–Trinajstić information content (AvgIpc) is 2.93. The Bertz CT molecular complexity index is 1090. The summed E-state index contributed by atoms with van der Waals surface area (Å²) in [6.45, 7) is 9.94. The predicted octanol–water partition coefficient (Wildman–Crippen LogP) is 2.45. The van der Waals surface area contributed by atoms with Crippen molar-refractivity contribution in [2.75, 3.05) is 53.0 Å². The number of carbonyl (C=O) groups excluding carboxylic acids is 3. The fraction of sp³-hybridized carbons (Fsp3) is 0.429. The van der Waals surface area contributed by atoms with Crippen LogP contribution in [0.25, 0.3) is 0 Å². The number of methoxy groups -OCH3 is 1. The maximum absolute atomic E-state index is 13.6. The van der Waals surface area contributed by atoms with Gasteiger partial charge in [0.05, 0.1) is 32.5 Å². The summed E-state index contributed by atoms with van der Waals surface area (Å²) in [5, 5.41) is 22.4. The van der Waals surface area contributed by atoms with E-state index in [4.69, 9.17) is 9.47 Å². The number of allylic oxidation sites excluding steroid dienone is 6. The molecule has 0 spiro atoms. The van der Waals surface area contributed by atoms with Gasteiger partial charge in [-0.05, 0) is 51.1 Å². The third kappa shape index (κ3) is 10.6. The molecule has 0 radical (unpaired) electrons. The monoisotopic (exact) mass is 562 g/mol. The lowest BCUT2D eigenvalue weighted by Crippen LogP contribution is -2.42. The van der Waals surface area contributed by atoms with Gasteiger partial charge in [0, 0.05) is 26.7 Å². The van der Waals surface area contributed by atoms with E-state index in [-0.39, 0.29) is 57.5 Å². The zero-order valence-electron chi connectivity index (χ0n) is 23.3. The minimum absolute atomic E-state index is 0.0371.